The lowest BCUT2D eigenvalue weighted by Gasteiger charge is -2.24. The zero-order valence-electron chi connectivity index (χ0n) is 21.2. The number of nitrogens with two attached hydrogens (primary N) is 4. The number of amides is 3. The van der Waals surface area contributed by atoms with Gasteiger partial charge in [-0.25, -0.2) is 4.79 Å². The lowest BCUT2D eigenvalue weighted by Crippen LogP contribution is -2.56. The molecule has 0 aliphatic carbocycles. The Morgan fingerprint density at radius 3 is 2.11 bits per heavy atom. The number of nitrogens with zero attached hydrogens (tertiary/aromatic N) is 1. The summed E-state index contributed by atoms with van der Waals surface area (Å²) in [5.74, 6) is -3.10. The van der Waals surface area contributed by atoms with Gasteiger partial charge in [0.05, 0.1) is 6.04 Å². The van der Waals surface area contributed by atoms with Crippen molar-refractivity contribution in [3.8, 4) is 0 Å². The average molecular weight is 521 g/mol. The van der Waals surface area contributed by atoms with E-state index < -0.39 is 47.9 Å². The van der Waals surface area contributed by atoms with Gasteiger partial charge in [-0.3, -0.25) is 19.4 Å². The van der Waals surface area contributed by atoms with Crippen molar-refractivity contribution in [2.75, 3.05) is 13.1 Å². The van der Waals surface area contributed by atoms with Gasteiger partial charge in [0.2, 0.25) is 17.7 Å². The number of aliphatic carboxylic acids is 1. The number of unbranched alkanes of at least 4 members (excludes halogenated alkanes) is 1. The Labute approximate surface area is 216 Å². The molecule has 0 heterocycles. The molecular weight excluding hydrogens is 480 g/mol. The SMILES string of the molecule is CC(NC(=O)C(N)Cc1ccccc1)C(=O)NC(CCCCN)C(=O)NC(CCCN=C(N)N)C(=O)O. The highest BCUT2D eigenvalue weighted by molar-refractivity contribution is 5.93. The molecule has 4 unspecified atom stereocenters. The van der Waals surface area contributed by atoms with Gasteiger partial charge in [-0.1, -0.05) is 30.3 Å². The summed E-state index contributed by atoms with van der Waals surface area (Å²) in [5.41, 5.74) is 22.9. The molecule has 0 bridgehead atoms. The second kappa shape index (κ2) is 16.9. The Kier molecular flexibility index (Phi) is 14.3. The molecule has 0 saturated carbocycles. The van der Waals surface area contributed by atoms with Gasteiger partial charge >= 0.3 is 5.97 Å². The highest BCUT2D eigenvalue weighted by Gasteiger charge is 2.28. The fourth-order valence-electron chi connectivity index (χ4n) is 3.44. The summed E-state index contributed by atoms with van der Waals surface area (Å²) in [6.07, 6.45) is 2.09. The van der Waals surface area contributed by atoms with E-state index in [4.69, 9.17) is 22.9 Å². The molecule has 0 radical (unpaired) electrons. The van der Waals surface area contributed by atoms with Crippen molar-refractivity contribution in [2.45, 2.75) is 69.6 Å². The van der Waals surface area contributed by atoms with Crippen molar-refractivity contribution in [3.63, 3.8) is 0 Å². The predicted molar refractivity (Wildman–Crippen MR) is 140 cm³/mol. The third kappa shape index (κ3) is 12.7. The normalized spacial score (nSPS) is 13.9. The van der Waals surface area contributed by atoms with E-state index in [-0.39, 0.29) is 25.3 Å². The molecule has 0 spiro atoms. The molecule has 0 saturated heterocycles. The molecule has 37 heavy (non-hydrogen) atoms. The van der Waals surface area contributed by atoms with Crippen molar-refractivity contribution in [1.82, 2.24) is 16.0 Å². The van der Waals surface area contributed by atoms with Gasteiger partial charge in [0, 0.05) is 6.54 Å². The lowest BCUT2D eigenvalue weighted by molar-refractivity contribution is -0.142. The summed E-state index contributed by atoms with van der Waals surface area (Å²) < 4.78 is 0. The maximum atomic E-state index is 12.9. The van der Waals surface area contributed by atoms with Crippen LogP contribution in [0.1, 0.15) is 44.6 Å². The number of hydrogen-bond acceptors (Lipinski definition) is 7. The van der Waals surface area contributed by atoms with Crippen LogP contribution in [0.25, 0.3) is 0 Å². The molecule has 1 aromatic rings. The quantitative estimate of drug-likeness (QED) is 0.0662. The minimum atomic E-state index is -1.22. The number of guanidine groups is 1. The molecule has 13 nitrogen and oxygen atoms in total. The number of carboxylic acids is 1. The van der Waals surface area contributed by atoms with E-state index in [0.717, 1.165) is 5.56 Å². The fourth-order valence-corrected chi connectivity index (χ4v) is 3.44. The van der Waals surface area contributed by atoms with E-state index in [0.29, 0.717) is 32.2 Å². The number of carbonyl (C=O) groups is 4. The van der Waals surface area contributed by atoms with Crippen molar-refractivity contribution in [2.24, 2.45) is 27.9 Å². The summed E-state index contributed by atoms with van der Waals surface area (Å²) in [6, 6.07) is 5.17. The largest absolute Gasteiger partial charge is 0.480 e. The number of hydrogen-bond donors (Lipinski definition) is 8. The molecule has 206 valence electrons. The Balaban J connectivity index is 2.74. The van der Waals surface area contributed by atoms with Gasteiger partial charge in [0.25, 0.3) is 0 Å². The number of rotatable bonds is 17. The smallest absolute Gasteiger partial charge is 0.326 e. The van der Waals surface area contributed by atoms with Crippen molar-refractivity contribution in [3.05, 3.63) is 35.9 Å². The number of carbonyl (C=O) groups excluding carboxylic acids is 3. The summed E-state index contributed by atoms with van der Waals surface area (Å²) >= 11 is 0. The van der Waals surface area contributed by atoms with Crippen molar-refractivity contribution in [1.29, 1.82) is 0 Å². The Bertz CT molecular complexity index is 908. The fraction of sp³-hybridized carbons (Fsp3) is 0.542. The zero-order chi connectivity index (χ0) is 27.8. The van der Waals surface area contributed by atoms with Crippen LogP contribution < -0.4 is 38.9 Å². The third-order valence-electron chi connectivity index (χ3n) is 5.53. The van der Waals surface area contributed by atoms with Crippen LogP contribution in [0.2, 0.25) is 0 Å². The second-order valence-corrected chi connectivity index (χ2v) is 8.72. The molecular formula is C24H40N8O5. The molecule has 3 amide bonds. The first kappa shape index (κ1) is 31.3. The van der Waals surface area contributed by atoms with Gasteiger partial charge in [-0.2, -0.15) is 0 Å². The van der Waals surface area contributed by atoms with E-state index >= 15 is 0 Å². The maximum Gasteiger partial charge on any atom is 0.326 e. The molecule has 13 heteroatoms. The Hall–Kier alpha value is -3.71. The second-order valence-electron chi connectivity index (χ2n) is 8.72. The van der Waals surface area contributed by atoms with Crippen molar-refractivity contribution >= 4 is 29.7 Å². The molecule has 1 aromatic carbocycles. The molecule has 12 N–H and O–H groups in total. The molecule has 0 aromatic heterocycles. The van der Waals surface area contributed by atoms with Gasteiger partial charge < -0.3 is 44.0 Å². The van der Waals surface area contributed by atoms with E-state index in [1.807, 2.05) is 30.3 Å². The maximum absolute atomic E-state index is 12.9. The summed E-state index contributed by atoms with van der Waals surface area (Å²) in [6.45, 7) is 2.08. The van der Waals surface area contributed by atoms with Crippen LogP contribution in [-0.2, 0) is 25.6 Å². The summed E-state index contributed by atoms with van der Waals surface area (Å²) in [4.78, 5) is 53.6. The predicted octanol–water partition coefficient (Wildman–Crippen LogP) is -1.70. The van der Waals surface area contributed by atoms with Gasteiger partial charge in [0.1, 0.15) is 18.1 Å². The van der Waals surface area contributed by atoms with E-state index in [1.165, 1.54) is 6.92 Å². The Morgan fingerprint density at radius 2 is 1.51 bits per heavy atom. The monoisotopic (exact) mass is 520 g/mol. The first-order valence-electron chi connectivity index (χ1n) is 12.2. The number of aliphatic imine (C=N–C) groups is 1. The number of carboxylic acid groups (broad SMARTS) is 1. The summed E-state index contributed by atoms with van der Waals surface area (Å²) in [5, 5.41) is 17.1. The molecule has 0 fully saturated rings. The van der Waals surface area contributed by atoms with E-state index in [1.54, 1.807) is 0 Å². The topological polar surface area (TPSA) is 241 Å². The highest BCUT2D eigenvalue weighted by Crippen LogP contribution is 2.06. The first-order valence-corrected chi connectivity index (χ1v) is 12.2. The Morgan fingerprint density at radius 1 is 0.892 bits per heavy atom. The van der Waals surface area contributed by atoms with E-state index in [2.05, 4.69) is 20.9 Å². The first-order chi connectivity index (χ1) is 17.5. The van der Waals surface area contributed by atoms with Crippen LogP contribution in [0.5, 0.6) is 0 Å². The van der Waals surface area contributed by atoms with Crippen LogP contribution >= 0.6 is 0 Å². The van der Waals surface area contributed by atoms with Gasteiger partial charge in [0.15, 0.2) is 5.96 Å². The van der Waals surface area contributed by atoms with Gasteiger partial charge in [-0.05, 0) is 57.6 Å². The highest BCUT2D eigenvalue weighted by atomic mass is 16.4. The molecule has 1 rings (SSSR count). The lowest BCUT2D eigenvalue weighted by atomic mass is 10.1. The minimum absolute atomic E-state index is 0.0904. The summed E-state index contributed by atoms with van der Waals surface area (Å²) in [7, 11) is 0. The molecule has 0 aliphatic rings. The number of nitrogens with one attached hydrogen (secondary N) is 3. The third-order valence-corrected chi connectivity index (χ3v) is 5.53. The average Bonchev–Trinajstić information content (AvgIpc) is 2.85. The van der Waals surface area contributed by atoms with Crippen LogP contribution in [0, 0.1) is 0 Å². The van der Waals surface area contributed by atoms with Crippen LogP contribution in [0.3, 0.4) is 0 Å². The van der Waals surface area contributed by atoms with Crippen LogP contribution in [-0.4, -0.2) is 72.0 Å². The van der Waals surface area contributed by atoms with Crippen LogP contribution in [0.15, 0.2) is 35.3 Å². The molecule has 0 aliphatic heterocycles. The molecule has 4 atom stereocenters. The minimum Gasteiger partial charge on any atom is -0.480 e. The van der Waals surface area contributed by atoms with Crippen molar-refractivity contribution < 1.29 is 24.3 Å². The standard InChI is InChI=1S/C24H40N8O5/c1-15(30-21(34)17(26)14-16-8-3-2-4-9-16)20(33)31-18(10-5-6-12-25)22(35)32-19(23(36)37)11-7-13-29-24(27)28/h2-4,8-9,15,17-19H,5-7,10-14,25-26H2,1H3,(H,30,34)(H,31,33)(H,32,35)(H,36,37)(H4,27,28,29). The van der Waals surface area contributed by atoms with Crippen LogP contribution in [0.4, 0.5) is 0 Å². The van der Waals surface area contributed by atoms with E-state index in [9.17, 15) is 24.3 Å². The van der Waals surface area contributed by atoms with Gasteiger partial charge in [-0.15, -0.1) is 0 Å². The number of benzene rings is 1. The zero-order valence-corrected chi connectivity index (χ0v) is 21.2.